The maximum Gasteiger partial charge on any atom is 0.204 e. The van der Waals surface area contributed by atoms with Crippen molar-refractivity contribution in [2.45, 2.75) is 25.6 Å². The highest BCUT2D eigenvalue weighted by molar-refractivity contribution is 7.71. The molecule has 1 aliphatic heterocycles. The van der Waals surface area contributed by atoms with E-state index in [2.05, 4.69) is 23.1 Å². The molecule has 0 spiro atoms. The first-order valence-electron chi connectivity index (χ1n) is 11.3. The molecule has 1 aliphatic rings. The molecule has 0 radical (unpaired) electrons. The molecular weight excluding hydrogens is 465 g/mol. The van der Waals surface area contributed by atoms with Gasteiger partial charge in [-0.2, -0.15) is 0 Å². The molecule has 5 nitrogen and oxygen atoms in total. The minimum Gasteiger partial charge on any atom is -0.275 e. The summed E-state index contributed by atoms with van der Waals surface area (Å²) in [5.41, 5.74) is 2.34. The third kappa shape index (κ3) is 3.77. The highest BCUT2D eigenvalue weighted by Gasteiger charge is 2.30. The second kappa shape index (κ2) is 8.87. The number of nitrogens with zero attached hydrogens (tertiary/aromatic N) is 5. The minimum atomic E-state index is -0.319. The minimum absolute atomic E-state index is 0.220. The Bertz CT molecular complexity index is 1490. The molecule has 0 saturated carbocycles. The van der Waals surface area contributed by atoms with E-state index in [-0.39, 0.29) is 11.9 Å². The van der Waals surface area contributed by atoms with Crippen LogP contribution >= 0.6 is 23.6 Å². The van der Waals surface area contributed by atoms with Gasteiger partial charge < -0.3 is 0 Å². The van der Waals surface area contributed by atoms with Crippen LogP contribution in [-0.4, -0.2) is 30.8 Å². The highest BCUT2D eigenvalue weighted by Crippen LogP contribution is 2.37. The molecule has 1 saturated heterocycles. The van der Waals surface area contributed by atoms with E-state index >= 15 is 0 Å². The SMILES string of the molecule is Fc1ccccc1-c1nn(CN2CCCC2c2nc3ccccc3s2)c(=S)n1-c1ccccc1. The van der Waals surface area contributed by atoms with Crippen molar-refractivity contribution in [3.8, 4) is 17.1 Å². The van der Waals surface area contributed by atoms with Crippen LogP contribution in [0.15, 0.2) is 78.9 Å². The van der Waals surface area contributed by atoms with Crippen LogP contribution in [0.2, 0.25) is 0 Å². The molecule has 0 N–H and O–H groups in total. The van der Waals surface area contributed by atoms with Crippen molar-refractivity contribution in [2.75, 3.05) is 6.54 Å². The molecule has 8 heteroatoms. The number of likely N-dealkylation sites (tertiary alicyclic amines) is 1. The third-order valence-corrected chi connectivity index (χ3v) is 7.77. The molecule has 1 fully saturated rings. The molecule has 170 valence electrons. The first-order valence-corrected chi connectivity index (χ1v) is 12.5. The topological polar surface area (TPSA) is 38.9 Å². The lowest BCUT2D eigenvalue weighted by Crippen LogP contribution is -2.27. The van der Waals surface area contributed by atoms with E-state index in [0.29, 0.717) is 22.8 Å². The number of hydrogen-bond acceptors (Lipinski definition) is 5. The zero-order valence-electron chi connectivity index (χ0n) is 18.3. The van der Waals surface area contributed by atoms with Crippen molar-refractivity contribution in [3.63, 3.8) is 0 Å². The van der Waals surface area contributed by atoms with Crippen molar-refractivity contribution in [1.29, 1.82) is 0 Å². The maximum atomic E-state index is 14.8. The number of benzene rings is 3. The van der Waals surface area contributed by atoms with Gasteiger partial charge in [0.25, 0.3) is 0 Å². The Hall–Kier alpha value is -3.20. The number of thiazole rings is 1. The predicted octanol–water partition coefficient (Wildman–Crippen LogP) is 6.61. The first kappa shape index (κ1) is 21.3. The Morgan fingerprint density at radius 3 is 2.56 bits per heavy atom. The monoisotopic (exact) mass is 487 g/mol. The Balaban J connectivity index is 1.40. The highest BCUT2D eigenvalue weighted by atomic mass is 32.1. The average molecular weight is 488 g/mol. The fourth-order valence-electron chi connectivity index (χ4n) is 4.61. The summed E-state index contributed by atoms with van der Waals surface area (Å²) < 4.78 is 20.2. The normalized spacial score (nSPS) is 16.4. The summed E-state index contributed by atoms with van der Waals surface area (Å²) in [4.78, 5) is 7.28. The van der Waals surface area contributed by atoms with E-state index in [4.69, 9.17) is 22.3 Å². The first-order chi connectivity index (χ1) is 16.7. The van der Waals surface area contributed by atoms with Gasteiger partial charge >= 0.3 is 0 Å². The van der Waals surface area contributed by atoms with E-state index in [9.17, 15) is 4.39 Å². The van der Waals surface area contributed by atoms with E-state index in [1.54, 1.807) is 23.5 Å². The summed E-state index contributed by atoms with van der Waals surface area (Å²) in [6.07, 6.45) is 2.14. The van der Waals surface area contributed by atoms with Crippen LogP contribution in [0.25, 0.3) is 27.3 Å². The van der Waals surface area contributed by atoms with Crippen LogP contribution in [-0.2, 0) is 6.67 Å². The summed E-state index contributed by atoms with van der Waals surface area (Å²) in [6.45, 7) is 1.47. The fourth-order valence-corrected chi connectivity index (χ4v) is 6.03. The Labute approximate surface area is 205 Å². The van der Waals surface area contributed by atoms with Crippen molar-refractivity contribution >= 4 is 33.8 Å². The lowest BCUT2D eigenvalue weighted by Gasteiger charge is -2.22. The summed E-state index contributed by atoms with van der Waals surface area (Å²) in [7, 11) is 0. The van der Waals surface area contributed by atoms with Gasteiger partial charge in [-0.1, -0.05) is 42.5 Å². The van der Waals surface area contributed by atoms with Gasteiger partial charge in [0.2, 0.25) is 4.77 Å². The summed E-state index contributed by atoms with van der Waals surface area (Å²) in [5.74, 6) is 0.186. The number of rotatable bonds is 5. The molecule has 2 aromatic heterocycles. The van der Waals surface area contributed by atoms with Crippen molar-refractivity contribution in [1.82, 2.24) is 24.2 Å². The zero-order valence-corrected chi connectivity index (χ0v) is 20.0. The van der Waals surface area contributed by atoms with Gasteiger partial charge in [-0.15, -0.1) is 16.4 Å². The zero-order chi connectivity index (χ0) is 23.1. The van der Waals surface area contributed by atoms with Crippen LogP contribution in [0.1, 0.15) is 23.9 Å². The fraction of sp³-hybridized carbons (Fsp3) is 0.192. The van der Waals surface area contributed by atoms with Crippen LogP contribution < -0.4 is 0 Å². The lowest BCUT2D eigenvalue weighted by atomic mass is 10.2. The Morgan fingerprint density at radius 2 is 1.74 bits per heavy atom. The second-order valence-electron chi connectivity index (χ2n) is 8.39. The van der Waals surface area contributed by atoms with E-state index in [1.165, 1.54) is 10.8 Å². The van der Waals surface area contributed by atoms with Gasteiger partial charge in [0.1, 0.15) is 10.8 Å². The number of halogens is 1. The number of para-hydroxylation sites is 2. The molecular formula is C26H22FN5S2. The summed E-state index contributed by atoms with van der Waals surface area (Å²) in [5, 5.41) is 5.96. The predicted molar refractivity (Wildman–Crippen MR) is 136 cm³/mol. The molecule has 1 atom stereocenters. The number of hydrogen-bond donors (Lipinski definition) is 0. The van der Waals surface area contributed by atoms with Crippen molar-refractivity contribution in [3.05, 3.63) is 94.5 Å². The van der Waals surface area contributed by atoms with Crippen LogP contribution in [0.4, 0.5) is 4.39 Å². The van der Waals surface area contributed by atoms with Crippen LogP contribution in [0, 0.1) is 10.6 Å². The average Bonchev–Trinajstić information content (AvgIpc) is 3.57. The largest absolute Gasteiger partial charge is 0.275 e. The Morgan fingerprint density at radius 1 is 0.971 bits per heavy atom. The van der Waals surface area contributed by atoms with Gasteiger partial charge in [0, 0.05) is 12.2 Å². The molecule has 3 aromatic carbocycles. The van der Waals surface area contributed by atoms with Gasteiger partial charge in [0.15, 0.2) is 5.82 Å². The van der Waals surface area contributed by atoms with Gasteiger partial charge in [-0.25, -0.2) is 14.1 Å². The quantitative estimate of drug-likeness (QED) is 0.261. The molecule has 34 heavy (non-hydrogen) atoms. The van der Waals surface area contributed by atoms with Crippen LogP contribution in [0.3, 0.4) is 0 Å². The van der Waals surface area contributed by atoms with Gasteiger partial charge in [-0.05, 0) is 61.5 Å². The lowest BCUT2D eigenvalue weighted by molar-refractivity contribution is 0.190. The molecule has 0 amide bonds. The Kier molecular flexibility index (Phi) is 5.57. The number of fused-ring (bicyclic) bond motifs is 1. The van der Waals surface area contributed by atoms with Gasteiger partial charge in [0.05, 0.1) is 28.5 Å². The molecule has 5 aromatic rings. The van der Waals surface area contributed by atoms with Crippen molar-refractivity contribution < 1.29 is 4.39 Å². The molecule has 6 rings (SSSR count). The van der Waals surface area contributed by atoms with Crippen molar-refractivity contribution in [2.24, 2.45) is 0 Å². The number of aromatic nitrogens is 4. The molecule has 1 unspecified atom stereocenters. The third-order valence-electron chi connectivity index (χ3n) is 6.24. The van der Waals surface area contributed by atoms with E-state index in [0.717, 1.165) is 35.6 Å². The summed E-state index contributed by atoms with van der Waals surface area (Å²) in [6, 6.07) is 25.0. The van der Waals surface area contributed by atoms with Crippen LogP contribution in [0.5, 0.6) is 0 Å². The summed E-state index contributed by atoms with van der Waals surface area (Å²) >= 11 is 7.64. The smallest absolute Gasteiger partial charge is 0.204 e. The van der Waals surface area contributed by atoms with E-state index in [1.807, 2.05) is 51.7 Å². The van der Waals surface area contributed by atoms with Gasteiger partial charge in [-0.3, -0.25) is 9.47 Å². The molecule has 0 aliphatic carbocycles. The molecule has 3 heterocycles. The standard InChI is InChI=1S/C26H22FN5S2/c27-20-12-5-4-11-19(20)24-29-31(26(33)32(24)18-9-2-1-3-10-18)17-30-16-8-14-22(30)25-28-21-13-6-7-15-23(21)34-25/h1-7,9-13,15,22H,8,14,16-17H2. The maximum absolute atomic E-state index is 14.8. The molecule has 0 bridgehead atoms. The second-order valence-corrected chi connectivity index (χ2v) is 9.82. The van der Waals surface area contributed by atoms with E-state index < -0.39 is 0 Å².